The predicted octanol–water partition coefficient (Wildman–Crippen LogP) is 2.18. The number of carbonyl (C=O) groups is 2. The minimum Gasteiger partial charge on any atom is -0.466 e. The number of nitrogens with one attached hydrogen (secondary N) is 1. The van der Waals surface area contributed by atoms with E-state index in [0.29, 0.717) is 25.6 Å². The van der Waals surface area contributed by atoms with Gasteiger partial charge in [0.15, 0.2) is 0 Å². The van der Waals surface area contributed by atoms with E-state index in [1.165, 1.54) is 5.56 Å². The lowest BCUT2D eigenvalue weighted by Crippen LogP contribution is -2.43. The van der Waals surface area contributed by atoms with Crippen LogP contribution in [0.25, 0.3) is 0 Å². The van der Waals surface area contributed by atoms with Crippen molar-refractivity contribution in [3.8, 4) is 0 Å². The number of carbonyl (C=O) groups excluding carboxylic acids is 2. The molecular weight excluding hydrogens is 304 g/mol. The van der Waals surface area contributed by atoms with E-state index < -0.39 is 0 Å². The molecule has 1 heterocycles. The summed E-state index contributed by atoms with van der Waals surface area (Å²) in [4.78, 5) is 25.9. The molecule has 5 nitrogen and oxygen atoms in total. The quantitative estimate of drug-likeness (QED) is 0.778. The van der Waals surface area contributed by atoms with Gasteiger partial charge >= 0.3 is 5.97 Å². The fourth-order valence-corrected chi connectivity index (χ4v) is 3.01. The van der Waals surface area contributed by atoms with Crippen molar-refractivity contribution in [2.75, 3.05) is 32.8 Å². The molecule has 0 spiro atoms. The van der Waals surface area contributed by atoms with Crippen LogP contribution in [-0.2, 0) is 14.3 Å². The molecule has 1 amide bonds. The van der Waals surface area contributed by atoms with E-state index in [1.54, 1.807) is 0 Å². The van der Waals surface area contributed by atoms with Gasteiger partial charge in [-0.3, -0.25) is 14.5 Å². The summed E-state index contributed by atoms with van der Waals surface area (Å²) in [6, 6.07) is 10.2. The molecular formula is C19H28N2O3. The number of amides is 1. The molecule has 0 bridgehead atoms. The third kappa shape index (κ3) is 5.64. The normalized spacial score (nSPS) is 17.2. The smallest absolute Gasteiger partial charge is 0.309 e. The number of piperidine rings is 1. The van der Waals surface area contributed by atoms with Crippen molar-refractivity contribution in [1.82, 2.24) is 10.2 Å². The Bertz CT molecular complexity index is 525. The maximum Gasteiger partial charge on any atom is 0.309 e. The Morgan fingerprint density at radius 3 is 2.54 bits per heavy atom. The molecule has 5 heteroatoms. The first kappa shape index (κ1) is 18.5. The number of ether oxygens (including phenoxy) is 1. The molecule has 0 radical (unpaired) electrons. The number of rotatable bonds is 7. The lowest BCUT2D eigenvalue weighted by molar-refractivity contribution is -0.149. The maximum atomic E-state index is 12.1. The van der Waals surface area contributed by atoms with E-state index in [-0.39, 0.29) is 17.8 Å². The Labute approximate surface area is 144 Å². The minimum absolute atomic E-state index is 0.0117. The highest BCUT2D eigenvalue weighted by atomic mass is 16.5. The van der Waals surface area contributed by atoms with Gasteiger partial charge in [-0.05, 0) is 44.3 Å². The molecule has 0 aliphatic carbocycles. The van der Waals surface area contributed by atoms with Crippen LogP contribution in [0.4, 0.5) is 0 Å². The third-order valence-corrected chi connectivity index (χ3v) is 4.55. The summed E-state index contributed by atoms with van der Waals surface area (Å²) in [5, 5.41) is 3.01. The van der Waals surface area contributed by atoms with Gasteiger partial charge in [-0.1, -0.05) is 37.3 Å². The van der Waals surface area contributed by atoms with E-state index >= 15 is 0 Å². The first-order valence-electron chi connectivity index (χ1n) is 8.80. The van der Waals surface area contributed by atoms with Crippen molar-refractivity contribution in [3.05, 3.63) is 35.9 Å². The molecule has 1 fully saturated rings. The van der Waals surface area contributed by atoms with E-state index in [2.05, 4.69) is 29.3 Å². The summed E-state index contributed by atoms with van der Waals surface area (Å²) in [6.07, 6.45) is 1.54. The van der Waals surface area contributed by atoms with Crippen LogP contribution in [0.3, 0.4) is 0 Å². The second-order valence-corrected chi connectivity index (χ2v) is 6.42. The molecule has 1 aromatic carbocycles. The fourth-order valence-electron chi connectivity index (χ4n) is 3.01. The van der Waals surface area contributed by atoms with Crippen LogP contribution < -0.4 is 5.32 Å². The molecule has 0 saturated carbocycles. The Morgan fingerprint density at radius 1 is 1.25 bits per heavy atom. The van der Waals surface area contributed by atoms with Crippen molar-refractivity contribution in [3.63, 3.8) is 0 Å². The third-order valence-electron chi connectivity index (χ3n) is 4.55. The zero-order valence-corrected chi connectivity index (χ0v) is 14.7. The Hall–Kier alpha value is -1.88. The monoisotopic (exact) mass is 332 g/mol. The Balaban J connectivity index is 1.67. The van der Waals surface area contributed by atoms with Crippen LogP contribution in [0.1, 0.15) is 38.2 Å². The van der Waals surface area contributed by atoms with Gasteiger partial charge in [-0.15, -0.1) is 0 Å². The largest absolute Gasteiger partial charge is 0.466 e. The van der Waals surface area contributed by atoms with Gasteiger partial charge in [0.2, 0.25) is 5.91 Å². The molecule has 0 aromatic heterocycles. The average molecular weight is 332 g/mol. The highest BCUT2D eigenvalue weighted by Crippen LogP contribution is 2.18. The number of benzene rings is 1. The first-order chi connectivity index (χ1) is 11.6. The summed E-state index contributed by atoms with van der Waals surface area (Å²) in [6.45, 7) is 6.95. The van der Waals surface area contributed by atoms with Gasteiger partial charge in [0.25, 0.3) is 0 Å². The first-order valence-corrected chi connectivity index (χ1v) is 8.80. The van der Waals surface area contributed by atoms with Crippen molar-refractivity contribution in [1.29, 1.82) is 0 Å². The lowest BCUT2D eigenvalue weighted by Gasteiger charge is -2.30. The summed E-state index contributed by atoms with van der Waals surface area (Å²) in [5.41, 5.74) is 1.23. The molecule has 2 rings (SSSR count). The van der Waals surface area contributed by atoms with Gasteiger partial charge in [0, 0.05) is 6.54 Å². The zero-order valence-electron chi connectivity index (χ0n) is 14.7. The van der Waals surface area contributed by atoms with E-state index in [4.69, 9.17) is 4.74 Å². The Kier molecular flexibility index (Phi) is 7.25. The lowest BCUT2D eigenvalue weighted by atomic mass is 9.97. The summed E-state index contributed by atoms with van der Waals surface area (Å²) in [5.74, 6) is 0.234. The molecule has 1 atom stereocenters. The Morgan fingerprint density at radius 2 is 1.92 bits per heavy atom. The zero-order chi connectivity index (χ0) is 17.4. The van der Waals surface area contributed by atoms with Crippen LogP contribution in [0.2, 0.25) is 0 Å². The van der Waals surface area contributed by atoms with Gasteiger partial charge in [0.05, 0.1) is 19.1 Å². The molecule has 1 saturated heterocycles. The van der Waals surface area contributed by atoms with Crippen LogP contribution in [-0.4, -0.2) is 49.6 Å². The second kappa shape index (κ2) is 9.42. The van der Waals surface area contributed by atoms with Crippen LogP contribution in [0.5, 0.6) is 0 Å². The number of esters is 1. The topological polar surface area (TPSA) is 58.6 Å². The molecule has 132 valence electrons. The van der Waals surface area contributed by atoms with Gasteiger partial charge in [-0.2, -0.15) is 0 Å². The summed E-state index contributed by atoms with van der Waals surface area (Å²) >= 11 is 0. The van der Waals surface area contributed by atoms with Gasteiger partial charge < -0.3 is 10.1 Å². The molecule has 24 heavy (non-hydrogen) atoms. The molecule has 1 aliphatic rings. The minimum atomic E-state index is -0.0988. The van der Waals surface area contributed by atoms with E-state index in [0.717, 1.165) is 25.9 Å². The number of hydrogen-bond acceptors (Lipinski definition) is 4. The SMILES string of the molecule is CCOC(=O)C1CCN(CC(=O)NC[C@H](C)c2ccccc2)CC1. The van der Waals surface area contributed by atoms with Crippen LogP contribution >= 0.6 is 0 Å². The van der Waals surface area contributed by atoms with Crippen molar-refractivity contribution < 1.29 is 14.3 Å². The standard InChI is InChI=1S/C19H28N2O3/c1-3-24-19(23)17-9-11-21(12-10-17)14-18(22)20-13-15(2)16-7-5-4-6-8-16/h4-8,15,17H,3,9-14H2,1-2H3,(H,20,22)/t15-/m0/s1. The second-order valence-electron chi connectivity index (χ2n) is 6.42. The molecule has 1 aromatic rings. The molecule has 0 unspecified atom stereocenters. The summed E-state index contributed by atoms with van der Waals surface area (Å²) < 4.78 is 5.07. The maximum absolute atomic E-state index is 12.1. The highest BCUT2D eigenvalue weighted by Gasteiger charge is 2.26. The highest BCUT2D eigenvalue weighted by molar-refractivity contribution is 5.78. The van der Waals surface area contributed by atoms with E-state index in [9.17, 15) is 9.59 Å². The van der Waals surface area contributed by atoms with Crippen molar-refractivity contribution in [2.24, 2.45) is 5.92 Å². The van der Waals surface area contributed by atoms with E-state index in [1.807, 2.05) is 25.1 Å². The predicted molar refractivity (Wildman–Crippen MR) is 93.7 cm³/mol. The number of hydrogen-bond donors (Lipinski definition) is 1. The van der Waals surface area contributed by atoms with Crippen molar-refractivity contribution in [2.45, 2.75) is 32.6 Å². The number of nitrogens with zero attached hydrogens (tertiary/aromatic N) is 1. The van der Waals surface area contributed by atoms with Crippen LogP contribution in [0.15, 0.2) is 30.3 Å². The number of likely N-dealkylation sites (tertiary alicyclic amines) is 1. The fraction of sp³-hybridized carbons (Fsp3) is 0.579. The molecule has 1 N–H and O–H groups in total. The van der Waals surface area contributed by atoms with Gasteiger partial charge in [-0.25, -0.2) is 0 Å². The summed E-state index contributed by atoms with van der Waals surface area (Å²) in [7, 11) is 0. The average Bonchev–Trinajstić information content (AvgIpc) is 2.61. The molecule has 1 aliphatic heterocycles. The van der Waals surface area contributed by atoms with Crippen molar-refractivity contribution >= 4 is 11.9 Å². The van der Waals surface area contributed by atoms with Crippen LogP contribution in [0, 0.1) is 5.92 Å². The van der Waals surface area contributed by atoms with Gasteiger partial charge in [0.1, 0.15) is 0 Å².